The third-order valence-electron chi connectivity index (χ3n) is 2.56. The standard InChI is InChI=1S/C14H11BrFNO/c1-9-8-10(16)6-7-11(9)14(18)17-13-5-3-2-4-12(13)15/h2-8H,1H3,(H,17,18). The number of carbonyl (C=O) groups is 1. The van der Waals surface area contributed by atoms with Crippen molar-refractivity contribution in [3.8, 4) is 0 Å². The Hall–Kier alpha value is -1.68. The van der Waals surface area contributed by atoms with Gasteiger partial charge in [-0.1, -0.05) is 12.1 Å². The molecule has 18 heavy (non-hydrogen) atoms. The number of nitrogens with one attached hydrogen (secondary N) is 1. The van der Waals surface area contributed by atoms with Crippen LogP contribution in [0, 0.1) is 12.7 Å². The Balaban J connectivity index is 2.25. The summed E-state index contributed by atoms with van der Waals surface area (Å²) in [5.41, 5.74) is 1.76. The topological polar surface area (TPSA) is 29.1 Å². The second kappa shape index (κ2) is 5.31. The van der Waals surface area contributed by atoms with Gasteiger partial charge in [0.25, 0.3) is 5.91 Å². The van der Waals surface area contributed by atoms with Crippen molar-refractivity contribution in [1.29, 1.82) is 0 Å². The second-order valence-electron chi connectivity index (χ2n) is 3.89. The lowest BCUT2D eigenvalue weighted by molar-refractivity contribution is 0.102. The molecule has 0 radical (unpaired) electrons. The molecule has 0 aliphatic carbocycles. The zero-order valence-corrected chi connectivity index (χ0v) is 11.3. The quantitative estimate of drug-likeness (QED) is 0.887. The Kier molecular flexibility index (Phi) is 3.77. The third kappa shape index (κ3) is 2.76. The molecule has 0 aromatic heterocycles. The van der Waals surface area contributed by atoms with Crippen molar-refractivity contribution in [2.45, 2.75) is 6.92 Å². The number of hydrogen-bond acceptors (Lipinski definition) is 1. The predicted octanol–water partition coefficient (Wildman–Crippen LogP) is 4.15. The second-order valence-corrected chi connectivity index (χ2v) is 4.75. The highest BCUT2D eigenvalue weighted by Crippen LogP contribution is 2.22. The van der Waals surface area contributed by atoms with Crippen molar-refractivity contribution in [1.82, 2.24) is 0 Å². The summed E-state index contributed by atoms with van der Waals surface area (Å²) in [6.45, 7) is 1.71. The molecule has 2 aromatic carbocycles. The summed E-state index contributed by atoms with van der Waals surface area (Å²) >= 11 is 3.35. The molecule has 1 N–H and O–H groups in total. The highest BCUT2D eigenvalue weighted by Gasteiger charge is 2.10. The normalized spacial score (nSPS) is 10.2. The molecule has 0 aliphatic rings. The van der Waals surface area contributed by atoms with Crippen LogP contribution in [0.1, 0.15) is 15.9 Å². The number of para-hydroxylation sites is 1. The van der Waals surface area contributed by atoms with Crippen LogP contribution in [0.2, 0.25) is 0 Å². The smallest absolute Gasteiger partial charge is 0.255 e. The number of anilines is 1. The van der Waals surface area contributed by atoms with Crippen molar-refractivity contribution in [2.24, 2.45) is 0 Å². The molecule has 0 saturated carbocycles. The van der Waals surface area contributed by atoms with Gasteiger partial charge in [-0.3, -0.25) is 4.79 Å². The molecule has 0 atom stereocenters. The van der Waals surface area contributed by atoms with Crippen LogP contribution in [-0.4, -0.2) is 5.91 Å². The Morgan fingerprint density at radius 3 is 2.61 bits per heavy atom. The highest BCUT2D eigenvalue weighted by molar-refractivity contribution is 9.10. The van der Waals surface area contributed by atoms with Gasteiger partial charge in [0.1, 0.15) is 5.82 Å². The number of benzene rings is 2. The van der Waals surface area contributed by atoms with E-state index < -0.39 is 0 Å². The summed E-state index contributed by atoms with van der Waals surface area (Å²) in [6, 6.07) is 11.4. The molecule has 2 aromatic rings. The molecule has 2 nitrogen and oxygen atoms in total. The first-order valence-electron chi connectivity index (χ1n) is 5.40. The van der Waals surface area contributed by atoms with Gasteiger partial charge >= 0.3 is 0 Å². The fraction of sp³-hybridized carbons (Fsp3) is 0.0714. The third-order valence-corrected chi connectivity index (χ3v) is 3.25. The fourth-order valence-electron chi connectivity index (χ4n) is 1.63. The lowest BCUT2D eigenvalue weighted by Crippen LogP contribution is -2.13. The molecular formula is C14H11BrFNO. The van der Waals surface area contributed by atoms with Gasteiger partial charge in [-0.15, -0.1) is 0 Å². The zero-order valence-electron chi connectivity index (χ0n) is 9.71. The van der Waals surface area contributed by atoms with Gasteiger partial charge in [0.15, 0.2) is 0 Å². The largest absolute Gasteiger partial charge is 0.321 e. The molecule has 0 fully saturated rings. The van der Waals surface area contributed by atoms with Crippen LogP contribution < -0.4 is 5.32 Å². The van der Waals surface area contributed by atoms with E-state index in [1.54, 1.807) is 13.0 Å². The molecule has 0 unspecified atom stereocenters. The summed E-state index contributed by atoms with van der Waals surface area (Å²) in [5, 5.41) is 2.78. The van der Waals surface area contributed by atoms with Gasteiger partial charge in [0, 0.05) is 10.0 Å². The number of aryl methyl sites for hydroxylation is 1. The van der Waals surface area contributed by atoms with Crippen LogP contribution in [0.15, 0.2) is 46.9 Å². The molecule has 4 heteroatoms. The zero-order chi connectivity index (χ0) is 13.1. The van der Waals surface area contributed by atoms with Gasteiger partial charge < -0.3 is 5.32 Å². The van der Waals surface area contributed by atoms with E-state index in [2.05, 4.69) is 21.2 Å². The van der Waals surface area contributed by atoms with E-state index in [1.807, 2.05) is 18.2 Å². The molecule has 0 saturated heterocycles. The van der Waals surface area contributed by atoms with Crippen LogP contribution in [0.4, 0.5) is 10.1 Å². The van der Waals surface area contributed by atoms with Crippen molar-refractivity contribution < 1.29 is 9.18 Å². The molecular weight excluding hydrogens is 297 g/mol. The lowest BCUT2D eigenvalue weighted by Gasteiger charge is -2.09. The SMILES string of the molecule is Cc1cc(F)ccc1C(=O)Nc1ccccc1Br. The van der Waals surface area contributed by atoms with Crippen molar-refractivity contribution >= 4 is 27.5 Å². The van der Waals surface area contributed by atoms with Crippen LogP contribution >= 0.6 is 15.9 Å². The van der Waals surface area contributed by atoms with E-state index >= 15 is 0 Å². The first-order chi connectivity index (χ1) is 8.58. The fourth-order valence-corrected chi connectivity index (χ4v) is 2.02. The number of amides is 1. The Morgan fingerprint density at radius 2 is 1.94 bits per heavy atom. The van der Waals surface area contributed by atoms with E-state index in [9.17, 15) is 9.18 Å². The summed E-state index contributed by atoms with van der Waals surface area (Å²) < 4.78 is 13.8. The maximum absolute atomic E-state index is 13.0. The van der Waals surface area contributed by atoms with Crippen molar-refractivity contribution in [2.75, 3.05) is 5.32 Å². The first kappa shape index (κ1) is 12.8. The molecule has 0 spiro atoms. The van der Waals surface area contributed by atoms with Gasteiger partial charge in [0.05, 0.1) is 5.69 Å². The van der Waals surface area contributed by atoms with Gasteiger partial charge in [0.2, 0.25) is 0 Å². The summed E-state index contributed by atoms with van der Waals surface area (Å²) in [5.74, 6) is -0.593. The Bertz CT molecular complexity index is 598. The minimum absolute atomic E-state index is 0.251. The summed E-state index contributed by atoms with van der Waals surface area (Å²) in [7, 11) is 0. The number of rotatable bonds is 2. The minimum atomic E-state index is -0.343. The van der Waals surface area contributed by atoms with Crippen molar-refractivity contribution in [3.63, 3.8) is 0 Å². The van der Waals surface area contributed by atoms with E-state index in [0.29, 0.717) is 16.8 Å². The number of halogens is 2. The molecule has 1 amide bonds. The van der Waals surface area contributed by atoms with Crippen molar-refractivity contribution in [3.05, 3.63) is 63.9 Å². The van der Waals surface area contributed by atoms with Crippen LogP contribution in [0.3, 0.4) is 0 Å². The molecule has 92 valence electrons. The molecule has 0 aliphatic heterocycles. The Morgan fingerprint density at radius 1 is 1.22 bits per heavy atom. The van der Waals surface area contributed by atoms with E-state index in [0.717, 1.165) is 4.47 Å². The van der Waals surface area contributed by atoms with E-state index in [4.69, 9.17) is 0 Å². The summed E-state index contributed by atoms with van der Waals surface area (Å²) in [4.78, 5) is 12.0. The highest BCUT2D eigenvalue weighted by atomic mass is 79.9. The van der Waals surface area contributed by atoms with Crippen LogP contribution in [0.5, 0.6) is 0 Å². The first-order valence-corrected chi connectivity index (χ1v) is 6.19. The van der Waals surface area contributed by atoms with Gasteiger partial charge in [-0.25, -0.2) is 4.39 Å². The monoisotopic (exact) mass is 307 g/mol. The lowest BCUT2D eigenvalue weighted by atomic mass is 10.1. The maximum atomic E-state index is 13.0. The molecule has 2 rings (SSSR count). The molecule has 0 bridgehead atoms. The van der Waals surface area contributed by atoms with Crippen LogP contribution in [-0.2, 0) is 0 Å². The number of carbonyl (C=O) groups excluding carboxylic acids is 1. The maximum Gasteiger partial charge on any atom is 0.255 e. The Labute approximate surface area is 113 Å². The average Bonchev–Trinajstić information content (AvgIpc) is 2.32. The molecule has 0 heterocycles. The minimum Gasteiger partial charge on any atom is -0.321 e. The number of hydrogen-bond donors (Lipinski definition) is 1. The average molecular weight is 308 g/mol. The van der Waals surface area contributed by atoms with Crippen LogP contribution in [0.25, 0.3) is 0 Å². The predicted molar refractivity (Wildman–Crippen MR) is 73.2 cm³/mol. The van der Waals surface area contributed by atoms with E-state index in [1.165, 1.54) is 18.2 Å². The van der Waals surface area contributed by atoms with Gasteiger partial charge in [-0.05, 0) is 58.7 Å². The summed E-state index contributed by atoms with van der Waals surface area (Å²) in [6.07, 6.45) is 0. The van der Waals surface area contributed by atoms with E-state index in [-0.39, 0.29) is 11.7 Å². The van der Waals surface area contributed by atoms with Gasteiger partial charge in [-0.2, -0.15) is 0 Å².